The molecule has 0 aromatic heterocycles. The second-order valence-corrected chi connectivity index (χ2v) is 6.40. The number of nitrogens with two attached hydrogens (primary N) is 1. The average Bonchev–Trinajstić information content (AvgIpc) is 2.71. The maximum absolute atomic E-state index is 11.8. The molecule has 1 saturated carbocycles. The third-order valence-corrected chi connectivity index (χ3v) is 4.90. The molecule has 1 atom stereocenters. The van der Waals surface area contributed by atoms with Crippen LogP contribution >= 0.6 is 0 Å². The molecule has 0 aromatic rings. The van der Waals surface area contributed by atoms with Crippen molar-refractivity contribution < 1.29 is 13.2 Å². The zero-order valence-corrected chi connectivity index (χ0v) is 10.6. The molecule has 0 aromatic carbocycles. The first kappa shape index (κ1) is 13.9. The van der Waals surface area contributed by atoms with Gasteiger partial charge in [0.25, 0.3) is 0 Å². The molecule has 0 amide bonds. The number of methoxy groups -OCH3 is 1. The molecule has 6 heteroatoms. The maximum Gasteiger partial charge on any atom is 0.214 e. The van der Waals surface area contributed by atoms with Crippen LogP contribution in [0.1, 0.15) is 32.1 Å². The maximum atomic E-state index is 11.8. The highest BCUT2D eigenvalue weighted by molar-refractivity contribution is 7.90. The van der Waals surface area contributed by atoms with Crippen LogP contribution in [0.25, 0.3) is 0 Å². The van der Waals surface area contributed by atoms with Crippen molar-refractivity contribution in [3.63, 3.8) is 0 Å². The van der Waals surface area contributed by atoms with Crippen LogP contribution < -0.4 is 10.5 Å². The predicted octanol–water partition coefficient (Wildman–Crippen LogP) is 0.212. The van der Waals surface area contributed by atoms with E-state index < -0.39 is 10.0 Å². The van der Waals surface area contributed by atoms with Crippen molar-refractivity contribution in [1.82, 2.24) is 4.72 Å². The first-order valence-electron chi connectivity index (χ1n) is 5.79. The van der Waals surface area contributed by atoms with Crippen molar-refractivity contribution in [2.75, 3.05) is 20.3 Å². The Morgan fingerprint density at radius 3 is 2.62 bits per heavy atom. The van der Waals surface area contributed by atoms with E-state index in [1.165, 1.54) is 0 Å². The van der Waals surface area contributed by atoms with Gasteiger partial charge in [0.15, 0.2) is 0 Å². The van der Waals surface area contributed by atoms with Crippen molar-refractivity contribution in [3.05, 3.63) is 0 Å². The van der Waals surface area contributed by atoms with Crippen molar-refractivity contribution in [2.45, 2.75) is 43.4 Å². The van der Waals surface area contributed by atoms with Crippen LogP contribution in [0.15, 0.2) is 0 Å². The van der Waals surface area contributed by atoms with Crippen molar-refractivity contribution in [1.29, 1.82) is 0 Å². The lowest BCUT2D eigenvalue weighted by Crippen LogP contribution is -2.36. The minimum absolute atomic E-state index is 0.101. The summed E-state index contributed by atoms with van der Waals surface area (Å²) in [5.41, 5.74) is 5.71. The lowest BCUT2D eigenvalue weighted by Gasteiger charge is -2.14. The molecule has 1 unspecified atom stereocenters. The Morgan fingerprint density at radius 1 is 1.44 bits per heavy atom. The van der Waals surface area contributed by atoms with E-state index in [9.17, 15) is 8.42 Å². The normalized spacial score (nSPS) is 20.1. The summed E-state index contributed by atoms with van der Waals surface area (Å²) in [6.07, 6.45) is 4.24. The van der Waals surface area contributed by atoms with Gasteiger partial charge in [-0.05, 0) is 19.3 Å². The molecule has 1 fully saturated rings. The number of sulfonamides is 1. The SMILES string of the molecule is COCC(N)CCNS(=O)(=O)C1CCCC1. The average molecular weight is 250 g/mol. The minimum Gasteiger partial charge on any atom is -0.383 e. The van der Waals surface area contributed by atoms with Crippen LogP contribution in [0.3, 0.4) is 0 Å². The third-order valence-electron chi connectivity index (χ3n) is 2.94. The van der Waals surface area contributed by atoms with Gasteiger partial charge in [0.2, 0.25) is 10.0 Å². The number of nitrogens with one attached hydrogen (secondary N) is 1. The van der Waals surface area contributed by atoms with Crippen LogP contribution in [0, 0.1) is 0 Å². The van der Waals surface area contributed by atoms with E-state index in [2.05, 4.69) is 4.72 Å². The van der Waals surface area contributed by atoms with Gasteiger partial charge in [0, 0.05) is 19.7 Å². The molecule has 0 aliphatic heterocycles. The predicted molar refractivity (Wildman–Crippen MR) is 63.6 cm³/mol. The monoisotopic (exact) mass is 250 g/mol. The summed E-state index contributed by atoms with van der Waals surface area (Å²) in [7, 11) is -1.53. The van der Waals surface area contributed by atoms with Crippen LogP contribution in [0.2, 0.25) is 0 Å². The molecular weight excluding hydrogens is 228 g/mol. The van der Waals surface area contributed by atoms with Gasteiger partial charge < -0.3 is 10.5 Å². The van der Waals surface area contributed by atoms with E-state index in [-0.39, 0.29) is 11.3 Å². The molecule has 0 radical (unpaired) electrons. The summed E-state index contributed by atoms with van der Waals surface area (Å²) in [4.78, 5) is 0. The summed E-state index contributed by atoms with van der Waals surface area (Å²) < 4.78 is 31.1. The summed E-state index contributed by atoms with van der Waals surface area (Å²) >= 11 is 0. The van der Waals surface area contributed by atoms with Gasteiger partial charge >= 0.3 is 0 Å². The topological polar surface area (TPSA) is 81.4 Å². The molecule has 5 nitrogen and oxygen atoms in total. The highest BCUT2D eigenvalue weighted by atomic mass is 32.2. The molecule has 1 rings (SSSR count). The Kier molecular flexibility index (Phi) is 5.68. The van der Waals surface area contributed by atoms with Gasteiger partial charge in [0.1, 0.15) is 0 Å². The van der Waals surface area contributed by atoms with Crippen molar-refractivity contribution in [3.8, 4) is 0 Å². The highest BCUT2D eigenvalue weighted by Crippen LogP contribution is 2.23. The molecule has 16 heavy (non-hydrogen) atoms. The van der Waals surface area contributed by atoms with Crippen molar-refractivity contribution in [2.24, 2.45) is 5.73 Å². The van der Waals surface area contributed by atoms with Crippen LogP contribution in [-0.4, -0.2) is 40.0 Å². The largest absolute Gasteiger partial charge is 0.383 e. The van der Waals surface area contributed by atoms with Crippen LogP contribution in [-0.2, 0) is 14.8 Å². The Morgan fingerprint density at radius 2 is 2.06 bits per heavy atom. The zero-order valence-electron chi connectivity index (χ0n) is 9.81. The number of ether oxygens (including phenoxy) is 1. The van der Waals surface area contributed by atoms with Crippen LogP contribution in [0.4, 0.5) is 0 Å². The Hall–Kier alpha value is -0.170. The highest BCUT2D eigenvalue weighted by Gasteiger charge is 2.28. The molecule has 1 aliphatic rings. The van der Waals surface area contributed by atoms with E-state index in [1.807, 2.05) is 0 Å². The number of rotatable bonds is 7. The Bertz CT molecular complexity index is 286. The second kappa shape index (κ2) is 6.54. The molecular formula is C10H22N2O3S. The second-order valence-electron chi connectivity index (χ2n) is 4.35. The molecule has 96 valence electrons. The first-order valence-corrected chi connectivity index (χ1v) is 7.34. The lowest BCUT2D eigenvalue weighted by molar-refractivity contribution is 0.177. The molecule has 0 spiro atoms. The first-order chi connectivity index (χ1) is 7.56. The van der Waals surface area contributed by atoms with Gasteiger partial charge in [-0.2, -0.15) is 0 Å². The third kappa shape index (κ3) is 4.37. The molecule has 1 aliphatic carbocycles. The molecule has 0 bridgehead atoms. The minimum atomic E-state index is -3.12. The summed E-state index contributed by atoms with van der Waals surface area (Å²) in [5, 5.41) is -0.189. The Balaban J connectivity index is 2.25. The fourth-order valence-corrected chi connectivity index (χ4v) is 3.59. The molecule has 0 heterocycles. The van der Waals surface area contributed by atoms with E-state index in [0.29, 0.717) is 19.6 Å². The van der Waals surface area contributed by atoms with Crippen LogP contribution in [0.5, 0.6) is 0 Å². The molecule has 3 N–H and O–H groups in total. The fourth-order valence-electron chi connectivity index (χ4n) is 2.00. The summed E-state index contributed by atoms with van der Waals surface area (Å²) in [5.74, 6) is 0. The lowest BCUT2D eigenvalue weighted by atomic mass is 10.2. The van der Waals surface area contributed by atoms with Gasteiger partial charge in [-0.25, -0.2) is 13.1 Å². The summed E-state index contributed by atoms with van der Waals surface area (Å²) in [6, 6.07) is -0.101. The van der Waals surface area contributed by atoms with Gasteiger partial charge in [0.05, 0.1) is 11.9 Å². The van der Waals surface area contributed by atoms with Gasteiger partial charge in [-0.15, -0.1) is 0 Å². The Labute approximate surface area is 97.8 Å². The van der Waals surface area contributed by atoms with E-state index in [1.54, 1.807) is 7.11 Å². The number of hydrogen-bond acceptors (Lipinski definition) is 4. The van der Waals surface area contributed by atoms with Gasteiger partial charge in [-0.3, -0.25) is 0 Å². The van der Waals surface area contributed by atoms with Gasteiger partial charge in [-0.1, -0.05) is 12.8 Å². The van der Waals surface area contributed by atoms with E-state index in [4.69, 9.17) is 10.5 Å². The zero-order chi connectivity index (χ0) is 12.0. The quantitative estimate of drug-likeness (QED) is 0.677. The molecule has 0 saturated heterocycles. The van der Waals surface area contributed by atoms with E-state index >= 15 is 0 Å². The van der Waals surface area contributed by atoms with E-state index in [0.717, 1.165) is 25.7 Å². The smallest absolute Gasteiger partial charge is 0.214 e. The summed E-state index contributed by atoms with van der Waals surface area (Å²) in [6.45, 7) is 0.870. The standard InChI is InChI=1S/C10H22N2O3S/c1-15-8-9(11)6-7-12-16(13,14)10-4-2-3-5-10/h9-10,12H,2-8,11H2,1H3. The van der Waals surface area contributed by atoms with Crippen molar-refractivity contribution >= 4 is 10.0 Å². The fraction of sp³-hybridized carbons (Fsp3) is 1.00. The number of hydrogen-bond donors (Lipinski definition) is 2.